The van der Waals surface area contributed by atoms with Crippen LogP contribution in [-0.2, 0) is 17.6 Å². The zero-order chi connectivity index (χ0) is 15.0. The molecule has 2 N–H and O–H groups in total. The number of fused-ring (bicyclic) bond motifs is 1. The smallest absolute Gasteiger partial charge is 0.282 e. The summed E-state index contributed by atoms with van der Waals surface area (Å²) < 4.78 is 5.44. The lowest BCUT2D eigenvalue weighted by Crippen LogP contribution is -2.30. The molecule has 1 spiro atoms. The molecule has 2 heterocycles. The molecule has 2 aliphatic rings. The molecular formula is C17H18N4O. The van der Waals surface area contributed by atoms with E-state index in [0.717, 1.165) is 31.2 Å². The molecule has 0 radical (unpaired) electrons. The van der Waals surface area contributed by atoms with Gasteiger partial charge >= 0.3 is 0 Å². The van der Waals surface area contributed by atoms with Gasteiger partial charge in [0.25, 0.3) is 6.02 Å². The first-order valence-corrected chi connectivity index (χ1v) is 7.60. The molecule has 0 amide bonds. The summed E-state index contributed by atoms with van der Waals surface area (Å²) in [5, 5.41) is 0. The number of nitrogens with two attached hydrogens (primary N) is 1. The predicted octanol–water partition coefficient (Wildman–Crippen LogP) is 2.11. The number of ether oxygens (including phenoxy) is 1. The Morgan fingerprint density at radius 3 is 2.82 bits per heavy atom. The molecule has 1 aromatic carbocycles. The Hall–Kier alpha value is -2.43. The quantitative estimate of drug-likeness (QED) is 0.874. The molecule has 4 rings (SSSR count). The molecule has 0 saturated carbocycles. The second kappa shape index (κ2) is 5.09. The van der Waals surface area contributed by atoms with Crippen LogP contribution >= 0.6 is 0 Å². The van der Waals surface area contributed by atoms with Crippen molar-refractivity contribution in [2.75, 3.05) is 6.61 Å². The van der Waals surface area contributed by atoms with E-state index in [1.165, 1.54) is 16.7 Å². The topological polar surface area (TPSA) is 73.4 Å². The lowest BCUT2D eigenvalue weighted by atomic mass is 9.88. The zero-order valence-electron chi connectivity index (χ0n) is 12.3. The van der Waals surface area contributed by atoms with Crippen LogP contribution in [0.5, 0.6) is 0 Å². The summed E-state index contributed by atoms with van der Waals surface area (Å²) in [5.41, 5.74) is 10.6. The highest BCUT2D eigenvalue weighted by atomic mass is 16.5. The standard InChI is InChI=1S/C17H18N4O/c18-16-21-17(10-22-16)6-2-5-14-12(7-17)3-1-4-15(14)13-8-19-11-20-9-13/h1,3-4,8-9,11H,2,5-7,10H2,(H2,18,21)/t17-/m1/s1. The van der Waals surface area contributed by atoms with Crippen molar-refractivity contribution in [1.29, 1.82) is 0 Å². The van der Waals surface area contributed by atoms with Gasteiger partial charge in [-0.1, -0.05) is 18.2 Å². The maximum absolute atomic E-state index is 5.74. The fourth-order valence-electron chi connectivity index (χ4n) is 3.57. The number of benzene rings is 1. The summed E-state index contributed by atoms with van der Waals surface area (Å²) in [6.45, 7) is 0.594. The minimum atomic E-state index is -0.179. The van der Waals surface area contributed by atoms with Gasteiger partial charge in [0.05, 0.1) is 0 Å². The van der Waals surface area contributed by atoms with Crippen LogP contribution in [0, 0.1) is 0 Å². The average molecular weight is 294 g/mol. The van der Waals surface area contributed by atoms with E-state index in [9.17, 15) is 0 Å². The molecule has 112 valence electrons. The first kappa shape index (κ1) is 13.2. The third-order valence-corrected chi connectivity index (χ3v) is 4.57. The van der Waals surface area contributed by atoms with Crippen molar-refractivity contribution in [2.45, 2.75) is 31.2 Å². The van der Waals surface area contributed by atoms with Gasteiger partial charge in [0, 0.05) is 24.4 Å². The van der Waals surface area contributed by atoms with Gasteiger partial charge in [-0.2, -0.15) is 0 Å². The number of aliphatic imine (C=N–C) groups is 1. The van der Waals surface area contributed by atoms with Crippen LogP contribution in [0.15, 0.2) is 41.9 Å². The van der Waals surface area contributed by atoms with Gasteiger partial charge in [0.2, 0.25) is 0 Å². The minimum Gasteiger partial charge on any atom is -0.463 e. The molecule has 1 aromatic heterocycles. The van der Waals surface area contributed by atoms with E-state index >= 15 is 0 Å². The van der Waals surface area contributed by atoms with E-state index < -0.39 is 0 Å². The summed E-state index contributed by atoms with van der Waals surface area (Å²) in [7, 11) is 0. The Morgan fingerprint density at radius 1 is 1.18 bits per heavy atom. The van der Waals surface area contributed by atoms with E-state index in [0.29, 0.717) is 12.6 Å². The number of hydrogen-bond acceptors (Lipinski definition) is 5. The molecule has 1 aliphatic heterocycles. The highest BCUT2D eigenvalue weighted by molar-refractivity contribution is 5.74. The third kappa shape index (κ3) is 2.22. The number of nitrogens with zero attached hydrogens (tertiary/aromatic N) is 3. The molecule has 5 nitrogen and oxygen atoms in total. The highest BCUT2D eigenvalue weighted by Crippen LogP contribution is 2.37. The molecular weight excluding hydrogens is 276 g/mol. The van der Waals surface area contributed by atoms with Gasteiger partial charge in [-0.15, -0.1) is 0 Å². The Kier molecular flexibility index (Phi) is 3.06. The highest BCUT2D eigenvalue weighted by Gasteiger charge is 2.38. The Labute approximate surface area is 129 Å². The summed E-state index contributed by atoms with van der Waals surface area (Å²) in [6.07, 6.45) is 9.32. The largest absolute Gasteiger partial charge is 0.463 e. The molecule has 5 heteroatoms. The predicted molar refractivity (Wildman–Crippen MR) is 84.4 cm³/mol. The van der Waals surface area contributed by atoms with Crippen LogP contribution in [0.3, 0.4) is 0 Å². The summed E-state index contributed by atoms with van der Waals surface area (Å²) in [5.74, 6) is 0. The number of amidine groups is 1. The van der Waals surface area contributed by atoms with Gasteiger partial charge in [-0.3, -0.25) is 0 Å². The van der Waals surface area contributed by atoms with Gasteiger partial charge in [0.15, 0.2) is 0 Å². The first-order chi connectivity index (χ1) is 10.8. The fraction of sp³-hybridized carbons (Fsp3) is 0.353. The molecule has 0 saturated heterocycles. The third-order valence-electron chi connectivity index (χ3n) is 4.57. The molecule has 2 aromatic rings. The maximum atomic E-state index is 5.74. The van der Waals surface area contributed by atoms with E-state index in [1.807, 2.05) is 12.4 Å². The van der Waals surface area contributed by atoms with E-state index in [-0.39, 0.29) is 5.54 Å². The van der Waals surface area contributed by atoms with Crippen LogP contribution in [-0.4, -0.2) is 28.1 Å². The van der Waals surface area contributed by atoms with Crippen molar-refractivity contribution in [2.24, 2.45) is 10.7 Å². The average Bonchev–Trinajstić information content (AvgIpc) is 2.79. The van der Waals surface area contributed by atoms with Crippen LogP contribution in [0.4, 0.5) is 0 Å². The number of hydrogen-bond donors (Lipinski definition) is 1. The monoisotopic (exact) mass is 294 g/mol. The van der Waals surface area contributed by atoms with Crippen molar-refractivity contribution in [1.82, 2.24) is 9.97 Å². The molecule has 0 unspecified atom stereocenters. The van der Waals surface area contributed by atoms with Crippen LogP contribution in [0.1, 0.15) is 24.0 Å². The summed E-state index contributed by atoms with van der Waals surface area (Å²) >= 11 is 0. The molecule has 0 bridgehead atoms. The van der Waals surface area contributed by atoms with Crippen molar-refractivity contribution in [3.63, 3.8) is 0 Å². The van der Waals surface area contributed by atoms with E-state index in [4.69, 9.17) is 10.5 Å². The van der Waals surface area contributed by atoms with Crippen molar-refractivity contribution < 1.29 is 4.74 Å². The molecule has 1 aliphatic carbocycles. The van der Waals surface area contributed by atoms with Gasteiger partial charge < -0.3 is 10.5 Å². The van der Waals surface area contributed by atoms with Crippen molar-refractivity contribution in [3.8, 4) is 11.1 Å². The lowest BCUT2D eigenvalue weighted by Gasteiger charge is -2.22. The SMILES string of the molecule is NC1=N[C@@]2(CCCc3c(cccc3-c3cncnc3)C2)CO1. The second-order valence-corrected chi connectivity index (χ2v) is 6.06. The van der Waals surface area contributed by atoms with Crippen molar-refractivity contribution >= 4 is 6.02 Å². The molecule has 0 fully saturated rings. The van der Waals surface area contributed by atoms with E-state index in [2.05, 4.69) is 33.2 Å². The van der Waals surface area contributed by atoms with Crippen LogP contribution in [0.2, 0.25) is 0 Å². The van der Waals surface area contributed by atoms with E-state index in [1.54, 1.807) is 6.33 Å². The Bertz CT molecular complexity index is 729. The van der Waals surface area contributed by atoms with Gasteiger partial charge in [-0.05, 0) is 36.0 Å². The summed E-state index contributed by atoms with van der Waals surface area (Å²) in [6, 6.07) is 6.78. The lowest BCUT2D eigenvalue weighted by molar-refractivity contribution is 0.241. The van der Waals surface area contributed by atoms with Crippen LogP contribution < -0.4 is 5.73 Å². The Balaban J connectivity index is 1.78. The van der Waals surface area contributed by atoms with Crippen LogP contribution in [0.25, 0.3) is 11.1 Å². The first-order valence-electron chi connectivity index (χ1n) is 7.60. The van der Waals surface area contributed by atoms with Crippen molar-refractivity contribution in [3.05, 3.63) is 48.0 Å². The second-order valence-electron chi connectivity index (χ2n) is 6.06. The fourth-order valence-corrected chi connectivity index (χ4v) is 3.57. The summed E-state index contributed by atoms with van der Waals surface area (Å²) in [4.78, 5) is 12.9. The maximum Gasteiger partial charge on any atom is 0.282 e. The molecule has 1 atom stereocenters. The normalized spacial score (nSPS) is 23.5. The minimum absolute atomic E-state index is 0.179. The Morgan fingerprint density at radius 2 is 2.05 bits per heavy atom. The number of aromatic nitrogens is 2. The zero-order valence-corrected chi connectivity index (χ0v) is 12.3. The van der Waals surface area contributed by atoms with Gasteiger partial charge in [-0.25, -0.2) is 15.0 Å². The molecule has 22 heavy (non-hydrogen) atoms. The number of rotatable bonds is 1. The van der Waals surface area contributed by atoms with Gasteiger partial charge in [0.1, 0.15) is 18.5 Å².